The number of nitrogen functional groups attached to an aromatic ring is 1. The molecule has 18 heavy (non-hydrogen) atoms. The fourth-order valence-corrected chi connectivity index (χ4v) is 2.59. The van der Waals surface area contributed by atoms with Crippen molar-refractivity contribution >= 4 is 34.6 Å². The summed E-state index contributed by atoms with van der Waals surface area (Å²) in [4.78, 5) is 9.18. The van der Waals surface area contributed by atoms with Crippen molar-refractivity contribution in [2.45, 2.75) is 6.42 Å². The van der Waals surface area contributed by atoms with E-state index in [2.05, 4.69) is 15.3 Å². The molecule has 2 rings (SSSR count). The number of ether oxygens (including phenoxy) is 1. The van der Waals surface area contributed by atoms with Crippen molar-refractivity contribution in [3.8, 4) is 5.75 Å². The van der Waals surface area contributed by atoms with Crippen LogP contribution >= 0.6 is 22.9 Å². The molecule has 0 aliphatic carbocycles. The Labute approximate surface area is 114 Å². The quantitative estimate of drug-likeness (QED) is 0.882. The Morgan fingerprint density at radius 1 is 1.44 bits per heavy atom. The molecule has 0 aliphatic heterocycles. The van der Waals surface area contributed by atoms with Crippen LogP contribution in [0.1, 0.15) is 4.88 Å². The summed E-state index contributed by atoms with van der Waals surface area (Å²) in [6.07, 6.45) is 2.27. The lowest BCUT2D eigenvalue weighted by molar-refractivity contribution is 0.415. The molecular formula is C11H13ClN4OS. The molecule has 96 valence electrons. The summed E-state index contributed by atoms with van der Waals surface area (Å²) in [5.74, 6) is 1.41. The molecule has 0 amide bonds. The molecule has 2 heterocycles. The minimum atomic E-state index is 0.328. The summed E-state index contributed by atoms with van der Waals surface area (Å²) >= 11 is 7.44. The lowest BCUT2D eigenvalue weighted by Crippen LogP contribution is -2.09. The van der Waals surface area contributed by atoms with Gasteiger partial charge in [-0.1, -0.05) is 11.6 Å². The average Bonchev–Trinajstić information content (AvgIpc) is 2.75. The number of anilines is 2. The topological polar surface area (TPSA) is 73.1 Å². The van der Waals surface area contributed by atoms with E-state index in [-0.39, 0.29) is 0 Å². The molecule has 2 aromatic heterocycles. The molecule has 0 radical (unpaired) electrons. The second-order valence-electron chi connectivity index (χ2n) is 3.52. The van der Waals surface area contributed by atoms with E-state index < -0.39 is 0 Å². The van der Waals surface area contributed by atoms with Crippen LogP contribution in [-0.2, 0) is 6.42 Å². The number of nitrogens with zero attached hydrogens (tertiary/aromatic N) is 2. The van der Waals surface area contributed by atoms with Gasteiger partial charge in [0.2, 0.25) is 5.75 Å². The van der Waals surface area contributed by atoms with Crippen LogP contribution in [0.15, 0.2) is 18.5 Å². The van der Waals surface area contributed by atoms with Crippen molar-refractivity contribution in [1.29, 1.82) is 0 Å². The minimum Gasteiger partial charge on any atom is -0.490 e. The molecule has 0 spiro atoms. The number of methoxy groups -OCH3 is 1. The maximum atomic E-state index is 5.87. The number of hydrogen-bond acceptors (Lipinski definition) is 6. The number of nitrogens with one attached hydrogen (secondary N) is 1. The zero-order chi connectivity index (χ0) is 13.0. The van der Waals surface area contributed by atoms with E-state index in [1.54, 1.807) is 18.4 Å². The summed E-state index contributed by atoms with van der Waals surface area (Å²) in [5, 5.41) is 3.17. The molecule has 0 saturated carbocycles. The van der Waals surface area contributed by atoms with Crippen LogP contribution < -0.4 is 15.8 Å². The first-order valence-corrected chi connectivity index (χ1v) is 6.52. The smallest absolute Gasteiger partial charge is 0.203 e. The Kier molecular flexibility index (Phi) is 4.22. The monoisotopic (exact) mass is 284 g/mol. The number of halogens is 1. The van der Waals surface area contributed by atoms with E-state index >= 15 is 0 Å². The third kappa shape index (κ3) is 3.02. The van der Waals surface area contributed by atoms with Crippen LogP contribution in [0.5, 0.6) is 5.75 Å². The highest BCUT2D eigenvalue weighted by atomic mass is 35.5. The van der Waals surface area contributed by atoms with Crippen molar-refractivity contribution in [3.05, 3.63) is 27.7 Å². The SMILES string of the molecule is COc1c(N)ncnc1NCCc1ccc(Cl)s1. The Bertz CT molecular complexity index is 532. The summed E-state index contributed by atoms with van der Waals surface area (Å²) in [6.45, 7) is 0.726. The molecule has 5 nitrogen and oxygen atoms in total. The van der Waals surface area contributed by atoms with Crippen LogP contribution in [0.3, 0.4) is 0 Å². The number of nitrogens with two attached hydrogens (primary N) is 1. The standard InChI is InChI=1S/C11H13ClN4OS/c1-17-9-10(13)15-6-16-11(9)14-5-4-7-2-3-8(12)18-7/h2-3,6H,4-5H2,1H3,(H3,13,14,15,16). The molecule has 7 heteroatoms. The van der Waals surface area contributed by atoms with Gasteiger partial charge in [0.05, 0.1) is 11.4 Å². The summed E-state index contributed by atoms with van der Waals surface area (Å²) in [5.41, 5.74) is 5.69. The zero-order valence-corrected chi connectivity index (χ0v) is 11.4. The summed E-state index contributed by atoms with van der Waals surface area (Å²) in [7, 11) is 1.54. The molecule has 0 fully saturated rings. The van der Waals surface area contributed by atoms with E-state index in [4.69, 9.17) is 22.1 Å². The lowest BCUT2D eigenvalue weighted by atomic mass is 10.3. The molecule has 0 bridgehead atoms. The number of hydrogen-bond donors (Lipinski definition) is 2. The molecule has 0 aliphatic rings. The predicted molar refractivity (Wildman–Crippen MR) is 74.5 cm³/mol. The first-order chi connectivity index (χ1) is 8.70. The van der Waals surface area contributed by atoms with Crippen molar-refractivity contribution in [1.82, 2.24) is 9.97 Å². The Hall–Kier alpha value is -1.53. The molecule has 0 atom stereocenters. The number of aromatic nitrogens is 2. The highest BCUT2D eigenvalue weighted by Gasteiger charge is 2.08. The van der Waals surface area contributed by atoms with Gasteiger partial charge >= 0.3 is 0 Å². The van der Waals surface area contributed by atoms with Crippen molar-refractivity contribution in [2.75, 3.05) is 24.7 Å². The predicted octanol–water partition coefficient (Wildman–Crippen LogP) is 2.44. The molecule has 0 aromatic carbocycles. The average molecular weight is 285 g/mol. The molecule has 0 unspecified atom stereocenters. The second-order valence-corrected chi connectivity index (χ2v) is 5.32. The molecular weight excluding hydrogens is 272 g/mol. The van der Waals surface area contributed by atoms with E-state index in [0.717, 1.165) is 17.3 Å². The highest BCUT2D eigenvalue weighted by Crippen LogP contribution is 2.26. The van der Waals surface area contributed by atoms with Crippen LogP contribution in [0, 0.1) is 0 Å². The molecule has 2 aromatic rings. The van der Waals surface area contributed by atoms with Crippen molar-refractivity contribution in [3.63, 3.8) is 0 Å². The van der Waals surface area contributed by atoms with Gasteiger partial charge in [-0.05, 0) is 18.6 Å². The van der Waals surface area contributed by atoms with Gasteiger partial charge in [-0.3, -0.25) is 0 Å². The van der Waals surface area contributed by atoms with E-state index in [0.29, 0.717) is 17.4 Å². The first kappa shape index (κ1) is 12.9. The first-order valence-electron chi connectivity index (χ1n) is 5.33. The second kappa shape index (κ2) is 5.88. The third-order valence-electron chi connectivity index (χ3n) is 2.33. The van der Waals surface area contributed by atoms with Gasteiger partial charge in [-0.2, -0.15) is 0 Å². The summed E-state index contributed by atoms with van der Waals surface area (Å²) in [6, 6.07) is 3.91. The van der Waals surface area contributed by atoms with Crippen LogP contribution in [0.4, 0.5) is 11.6 Å². The minimum absolute atomic E-state index is 0.328. The number of thiophene rings is 1. The molecule has 3 N–H and O–H groups in total. The van der Waals surface area contributed by atoms with Gasteiger partial charge in [-0.15, -0.1) is 11.3 Å². The Morgan fingerprint density at radius 2 is 2.28 bits per heavy atom. The lowest BCUT2D eigenvalue weighted by Gasteiger charge is -2.10. The number of rotatable bonds is 5. The van der Waals surface area contributed by atoms with Gasteiger partial charge in [-0.25, -0.2) is 9.97 Å². The Morgan fingerprint density at radius 3 is 2.94 bits per heavy atom. The normalized spacial score (nSPS) is 10.3. The van der Waals surface area contributed by atoms with Crippen molar-refractivity contribution < 1.29 is 4.74 Å². The van der Waals surface area contributed by atoms with Gasteiger partial charge in [0, 0.05) is 11.4 Å². The van der Waals surface area contributed by atoms with E-state index in [1.807, 2.05) is 12.1 Å². The fraction of sp³-hybridized carbons (Fsp3) is 0.273. The van der Waals surface area contributed by atoms with Gasteiger partial charge in [0.1, 0.15) is 6.33 Å². The van der Waals surface area contributed by atoms with Crippen LogP contribution in [0.2, 0.25) is 4.34 Å². The molecule has 0 saturated heterocycles. The van der Waals surface area contributed by atoms with Gasteiger partial charge in [0.15, 0.2) is 11.6 Å². The van der Waals surface area contributed by atoms with E-state index in [1.165, 1.54) is 11.2 Å². The largest absolute Gasteiger partial charge is 0.490 e. The Balaban J connectivity index is 1.96. The van der Waals surface area contributed by atoms with Crippen molar-refractivity contribution in [2.24, 2.45) is 0 Å². The van der Waals surface area contributed by atoms with E-state index in [9.17, 15) is 0 Å². The van der Waals surface area contributed by atoms with Crippen LogP contribution in [-0.4, -0.2) is 23.6 Å². The zero-order valence-electron chi connectivity index (χ0n) is 9.81. The summed E-state index contributed by atoms with van der Waals surface area (Å²) < 4.78 is 5.95. The highest BCUT2D eigenvalue weighted by molar-refractivity contribution is 7.16. The fourth-order valence-electron chi connectivity index (χ4n) is 1.50. The van der Waals surface area contributed by atoms with Crippen LogP contribution in [0.25, 0.3) is 0 Å². The third-order valence-corrected chi connectivity index (χ3v) is 3.62. The van der Waals surface area contributed by atoms with Gasteiger partial charge in [0.25, 0.3) is 0 Å². The van der Waals surface area contributed by atoms with Gasteiger partial charge < -0.3 is 15.8 Å². The maximum Gasteiger partial charge on any atom is 0.203 e. The maximum absolute atomic E-state index is 5.87.